The number of halogens is 1. The van der Waals surface area contributed by atoms with Crippen molar-refractivity contribution < 1.29 is 4.74 Å². The fourth-order valence-electron chi connectivity index (χ4n) is 2.21. The zero-order chi connectivity index (χ0) is 14.7. The van der Waals surface area contributed by atoms with E-state index in [9.17, 15) is 0 Å². The summed E-state index contributed by atoms with van der Waals surface area (Å²) in [6.45, 7) is 4.36. The highest BCUT2D eigenvalue weighted by molar-refractivity contribution is 6.30. The number of hydrogen-bond acceptors (Lipinski definition) is 2. The quantitative estimate of drug-likeness (QED) is 0.898. The van der Waals surface area contributed by atoms with E-state index in [2.05, 4.69) is 38.1 Å². The number of hydrogen-bond donors (Lipinski definition) is 1. The molecule has 0 spiro atoms. The van der Waals surface area contributed by atoms with E-state index >= 15 is 0 Å². The Kier molecular flexibility index (Phi) is 4.69. The van der Waals surface area contributed by atoms with E-state index in [1.165, 1.54) is 5.56 Å². The molecule has 106 valence electrons. The molecule has 0 saturated carbocycles. The van der Waals surface area contributed by atoms with Crippen molar-refractivity contribution in [3.63, 3.8) is 0 Å². The first-order valence-electron chi connectivity index (χ1n) is 6.71. The lowest BCUT2D eigenvalue weighted by Crippen LogP contribution is -2.13. The minimum atomic E-state index is -0.219. The van der Waals surface area contributed by atoms with Crippen LogP contribution in [0, 0.1) is 0 Å². The van der Waals surface area contributed by atoms with Crippen LogP contribution in [0.25, 0.3) is 0 Å². The first-order chi connectivity index (χ1) is 9.52. The van der Waals surface area contributed by atoms with Crippen LogP contribution < -0.4 is 10.5 Å². The number of methoxy groups -OCH3 is 1. The summed E-state index contributed by atoms with van der Waals surface area (Å²) in [4.78, 5) is 0. The molecule has 0 bridgehead atoms. The average Bonchev–Trinajstić information content (AvgIpc) is 2.46. The fourth-order valence-corrected chi connectivity index (χ4v) is 2.37. The van der Waals surface area contributed by atoms with E-state index in [1.54, 1.807) is 13.2 Å². The predicted molar refractivity (Wildman–Crippen MR) is 84.6 cm³/mol. The Morgan fingerprint density at radius 2 is 1.60 bits per heavy atom. The number of rotatable bonds is 4. The van der Waals surface area contributed by atoms with Gasteiger partial charge in [0.2, 0.25) is 0 Å². The van der Waals surface area contributed by atoms with Crippen molar-refractivity contribution in [1.29, 1.82) is 0 Å². The summed E-state index contributed by atoms with van der Waals surface area (Å²) in [7, 11) is 1.63. The summed E-state index contributed by atoms with van der Waals surface area (Å²) >= 11 is 5.98. The van der Waals surface area contributed by atoms with Crippen LogP contribution in [0.5, 0.6) is 5.75 Å². The maximum atomic E-state index is 6.35. The van der Waals surface area contributed by atoms with Crippen LogP contribution in [0.2, 0.25) is 5.02 Å². The Balaban J connectivity index is 2.33. The second-order valence-electron chi connectivity index (χ2n) is 5.19. The Morgan fingerprint density at radius 3 is 2.15 bits per heavy atom. The molecular formula is C17H20ClNO. The predicted octanol–water partition coefficient (Wildman–Crippen LogP) is 4.52. The molecule has 3 heteroatoms. The third-order valence-corrected chi connectivity index (χ3v) is 3.73. The molecular weight excluding hydrogens is 270 g/mol. The maximum Gasteiger partial charge on any atom is 0.125 e. The van der Waals surface area contributed by atoms with E-state index in [0.717, 1.165) is 16.9 Å². The van der Waals surface area contributed by atoms with E-state index in [4.69, 9.17) is 22.1 Å². The summed E-state index contributed by atoms with van der Waals surface area (Å²) in [6, 6.07) is 13.7. The molecule has 1 atom stereocenters. The number of benzene rings is 2. The Morgan fingerprint density at radius 1 is 1.00 bits per heavy atom. The van der Waals surface area contributed by atoms with Crippen molar-refractivity contribution in [1.82, 2.24) is 0 Å². The van der Waals surface area contributed by atoms with Gasteiger partial charge < -0.3 is 10.5 Å². The second kappa shape index (κ2) is 6.29. The topological polar surface area (TPSA) is 35.2 Å². The lowest BCUT2D eigenvalue weighted by Gasteiger charge is -2.17. The molecule has 2 aromatic carbocycles. The van der Waals surface area contributed by atoms with Gasteiger partial charge in [-0.05, 0) is 29.2 Å². The van der Waals surface area contributed by atoms with Crippen molar-refractivity contribution in [2.24, 2.45) is 5.73 Å². The van der Waals surface area contributed by atoms with Gasteiger partial charge in [-0.1, -0.05) is 55.8 Å². The molecule has 2 aromatic rings. The van der Waals surface area contributed by atoms with Gasteiger partial charge in [-0.2, -0.15) is 0 Å². The molecule has 0 fully saturated rings. The minimum absolute atomic E-state index is 0.219. The van der Waals surface area contributed by atoms with Crippen LogP contribution in [-0.2, 0) is 0 Å². The van der Waals surface area contributed by atoms with Gasteiger partial charge in [0.05, 0.1) is 13.2 Å². The van der Waals surface area contributed by atoms with Gasteiger partial charge in [-0.25, -0.2) is 0 Å². The van der Waals surface area contributed by atoms with Crippen molar-refractivity contribution in [2.75, 3.05) is 7.11 Å². The van der Waals surface area contributed by atoms with Crippen LogP contribution >= 0.6 is 11.6 Å². The maximum absolute atomic E-state index is 6.35. The highest BCUT2D eigenvalue weighted by atomic mass is 35.5. The first-order valence-corrected chi connectivity index (χ1v) is 7.09. The lowest BCUT2D eigenvalue weighted by atomic mass is 9.95. The van der Waals surface area contributed by atoms with Crippen LogP contribution in [0.3, 0.4) is 0 Å². The monoisotopic (exact) mass is 289 g/mol. The Labute approximate surface area is 125 Å². The lowest BCUT2D eigenvalue weighted by molar-refractivity contribution is 0.408. The first kappa shape index (κ1) is 14.9. The summed E-state index contributed by atoms with van der Waals surface area (Å²) in [5.74, 6) is 1.24. The van der Waals surface area contributed by atoms with Crippen molar-refractivity contribution in [3.05, 3.63) is 64.2 Å². The standard InChI is InChI=1S/C17H20ClNO/c1-11(2)12-4-6-13(7-5-12)17(19)15-9-8-14(18)10-16(15)20-3/h4-11,17H,19H2,1-3H3. The van der Waals surface area contributed by atoms with Crippen LogP contribution in [0.15, 0.2) is 42.5 Å². The smallest absolute Gasteiger partial charge is 0.125 e. The molecule has 0 aliphatic heterocycles. The molecule has 0 heterocycles. The molecule has 0 aromatic heterocycles. The molecule has 20 heavy (non-hydrogen) atoms. The summed E-state index contributed by atoms with van der Waals surface area (Å²) in [5.41, 5.74) is 9.66. The van der Waals surface area contributed by atoms with Crippen LogP contribution in [0.1, 0.15) is 42.5 Å². The van der Waals surface area contributed by atoms with E-state index in [1.807, 2.05) is 12.1 Å². The fraction of sp³-hybridized carbons (Fsp3) is 0.294. The third-order valence-electron chi connectivity index (χ3n) is 3.49. The summed E-state index contributed by atoms with van der Waals surface area (Å²) in [5, 5.41) is 0.646. The molecule has 0 saturated heterocycles. The number of nitrogens with two attached hydrogens (primary N) is 1. The molecule has 2 nitrogen and oxygen atoms in total. The van der Waals surface area contributed by atoms with Gasteiger partial charge in [0, 0.05) is 10.6 Å². The normalized spacial score (nSPS) is 12.5. The van der Waals surface area contributed by atoms with E-state index in [0.29, 0.717) is 10.9 Å². The van der Waals surface area contributed by atoms with Crippen LogP contribution in [-0.4, -0.2) is 7.11 Å². The summed E-state index contributed by atoms with van der Waals surface area (Å²) < 4.78 is 5.37. The van der Waals surface area contributed by atoms with Crippen LogP contribution in [0.4, 0.5) is 0 Å². The second-order valence-corrected chi connectivity index (χ2v) is 5.62. The van der Waals surface area contributed by atoms with Gasteiger partial charge in [0.25, 0.3) is 0 Å². The molecule has 1 unspecified atom stereocenters. The highest BCUT2D eigenvalue weighted by Gasteiger charge is 2.14. The minimum Gasteiger partial charge on any atom is -0.496 e. The molecule has 0 aliphatic rings. The summed E-state index contributed by atoms with van der Waals surface area (Å²) in [6.07, 6.45) is 0. The van der Waals surface area contributed by atoms with Gasteiger partial charge in [-0.3, -0.25) is 0 Å². The van der Waals surface area contributed by atoms with Gasteiger partial charge >= 0.3 is 0 Å². The number of ether oxygens (including phenoxy) is 1. The zero-order valence-corrected chi connectivity index (χ0v) is 12.8. The molecule has 2 rings (SSSR count). The van der Waals surface area contributed by atoms with Crippen molar-refractivity contribution in [3.8, 4) is 5.75 Å². The van der Waals surface area contributed by atoms with Crippen molar-refractivity contribution in [2.45, 2.75) is 25.8 Å². The molecule has 0 radical (unpaired) electrons. The average molecular weight is 290 g/mol. The zero-order valence-electron chi connectivity index (χ0n) is 12.1. The molecule has 0 aliphatic carbocycles. The van der Waals surface area contributed by atoms with Gasteiger partial charge in [-0.15, -0.1) is 0 Å². The Bertz CT molecular complexity index is 578. The van der Waals surface area contributed by atoms with E-state index < -0.39 is 0 Å². The SMILES string of the molecule is COc1cc(Cl)ccc1C(N)c1ccc(C(C)C)cc1. The van der Waals surface area contributed by atoms with Crippen molar-refractivity contribution >= 4 is 11.6 Å². The van der Waals surface area contributed by atoms with Gasteiger partial charge in [0.15, 0.2) is 0 Å². The highest BCUT2D eigenvalue weighted by Crippen LogP contribution is 2.31. The van der Waals surface area contributed by atoms with Gasteiger partial charge in [0.1, 0.15) is 5.75 Å². The molecule has 2 N–H and O–H groups in total. The molecule has 0 amide bonds. The Hall–Kier alpha value is -1.51. The van der Waals surface area contributed by atoms with E-state index in [-0.39, 0.29) is 6.04 Å². The third kappa shape index (κ3) is 3.14. The largest absolute Gasteiger partial charge is 0.496 e.